The van der Waals surface area contributed by atoms with Crippen LogP contribution in [0, 0.1) is 0 Å². The van der Waals surface area contributed by atoms with Gasteiger partial charge in [-0.1, -0.05) is 0 Å². The van der Waals surface area contributed by atoms with Gasteiger partial charge in [-0.3, -0.25) is 8.42 Å². The van der Waals surface area contributed by atoms with Crippen molar-refractivity contribution in [2.75, 3.05) is 0 Å². The molecule has 4 N–H and O–H groups in total. The van der Waals surface area contributed by atoms with E-state index in [4.69, 9.17) is 17.5 Å². The topological polar surface area (TPSA) is 117 Å². The number of hydrogen-bond donors (Lipinski definition) is 1. The van der Waals surface area contributed by atoms with Gasteiger partial charge in [-0.15, -0.1) is 0 Å². The molecule has 0 aliphatic heterocycles. The SMILES string of the molecule is O=S(=O)([O-])[O-].[Cl-].[NH4+].[Ni+2]. The molecule has 0 aliphatic rings. The smallest absolute Gasteiger partial charge is 1.00 e. The summed E-state index contributed by atoms with van der Waals surface area (Å²) in [4.78, 5) is 0. The van der Waals surface area contributed by atoms with Crippen LogP contribution in [0.4, 0.5) is 0 Å². The molecule has 0 saturated heterocycles. The molecule has 0 aromatic heterocycles. The van der Waals surface area contributed by atoms with Gasteiger partial charge in [0, 0.05) is 10.4 Å². The van der Waals surface area contributed by atoms with Gasteiger partial charge in [0.2, 0.25) is 0 Å². The standard InChI is InChI=1S/ClH.H3N.Ni.H2O4S/c;;;1-5(2,3)4/h1H;1H3;;(H2,1,2,3,4)/q;;+2;/p-2. The minimum Gasteiger partial charge on any atom is -1.00 e. The fourth-order valence-electron chi connectivity index (χ4n) is 0. The maximum atomic E-state index is 8.52. The van der Waals surface area contributed by atoms with Gasteiger partial charge in [-0.05, 0) is 0 Å². The van der Waals surface area contributed by atoms with Crippen LogP contribution in [0.25, 0.3) is 0 Å². The Morgan fingerprint density at radius 2 is 1.12 bits per heavy atom. The first-order valence-corrected chi connectivity index (χ1v) is 2.00. The molecular weight excluding hydrogens is 204 g/mol. The second-order valence-corrected chi connectivity index (χ2v) is 1.22. The third-order valence-corrected chi connectivity index (χ3v) is 0. The summed E-state index contributed by atoms with van der Waals surface area (Å²) >= 11 is 0. The van der Waals surface area contributed by atoms with Crippen LogP contribution in [-0.4, -0.2) is 17.5 Å². The minimum atomic E-state index is -5.17. The molecule has 0 heterocycles. The minimum absolute atomic E-state index is 0. The first-order chi connectivity index (χ1) is 2.00. The van der Waals surface area contributed by atoms with Gasteiger partial charge in [0.1, 0.15) is 0 Å². The molecule has 5 nitrogen and oxygen atoms in total. The Kier molecular flexibility index (Phi) is 22.3. The molecule has 0 fully saturated rings. The Morgan fingerprint density at radius 1 is 1.12 bits per heavy atom. The van der Waals surface area contributed by atoms with E-state index in [0.29, 0.717) is 0 Å². The summed E-state index contributed by atoms with van der Waals surface area (Å²) in [7, 11) is -5.17. The molecule has 8 heteroatoms. The van der Waals surface area contributed by atoms with Crippen molar-refractivity contribution in [3.63, 3.8) is 0 Å². The molecule has 0 amide bonds. The van der Waals surface area contributed by atoms with E-state index in [1.54, 1.807) is 0 Å². The molecule has 0 aromatic carbocycles. The molecule has 8 heavy (non-hydrogen) atoms. The molecule has 0 saturated carbocycles. The van der Waals surface area contributed by atoms with Crippen LogP contribution in [0.5, 0.6) is 0 Å². The molecule has 0 unspecified atom stereocenters. The molecular formula is H4ClNNiO4S. The normalized spacial score (nSPS) is 7.25. The molecule has 0 aliphatic carbocycles. The maximum Gasteiger partial charge on any atom is 2.00 e. The summed E-state index contributed by atoms with van der Waals surface area (Å²) < 4.78 is 34.1. The van der Waals surface area contributed by atoms with Gasteiger partial charge >= 0.3 is 16.5 Å². The predicted molar refractivity (Wildman–Crippen MR) is 16.5 cm³/mol. The van der Waals surface area contributed by atoms with Crippen molar-refractivity contribution in [1.82, 2.24) is 6.15 Å². The molecule has 0 aromatic rings. The van der Waals surface area contributed by atoms with Crippen LogP contribution in [0.15, 0.2) is 0 Å². The second kappa shape index (κ2) is 7.61. The fraction of sp³-hybridized carbons (Fsp3) is 0. The van der Waals surface area contributed by atoms with Gasteiger partial charge in [0.05, 0.1) is 0 Å². The summed E-state index contributed by atoms with van der Waals surface area (Å²) in [6, 6.07) is 0. The molecule has 0 atom stereocenters. The number of rotatable bonds is 0. The average molecular weight is 208 g/mol. The van der Waals surface area contributed by atoms with E-state index in [2.05, 4.69) is 0 Å². The number of hydrogen-bond acceptors (Lipinski definition) is 4. The Balaban J connectivity index is -0.0000000267. The third-order valence-electron chi connectivity index (χ3n) is 0. The third kappa shape index (κ3) is 554. The second-order valence-electron chi connectivity index (χ2n) is 0.408. The Labute approximate surface area is 63.3 Å². The summed E-state index contributed by atoms with van der Waals surface area (Å²) in [5.74, 6) is 0. The van der Waals surface area contributed by atoms with Gasteiger partial charge in [0.25, 0.3) is 0 Å². The average Bonchev–Trinajstić information content (AvgIpc) is 0.722. The predicted octanol–water partition coefficient (Wildman–Crippen LogP) is -3.96. The van der Waals surface area contributed by atoms with Gasteiger partial charge in [-0.2, -0.15) is 0 Å². The Bertz CT molecular complexity index is 99.2. The van der Waals surface area contributed by atoms with Crippen molar-refractivity contribution in [3.05, 3.63) is 0 Å². The van der Waals surface area contributed by atoms with E-state index in [1.807, 2.05) is 0 Å². The Morgan fingerprint density at radius 3 is 1.12 bits per heavy atom. The fourth-order valence-corrected chi connectivity index (χ4v) is 0. The molecule has 0 spiro atoms. The van der Waals surface area contributed by atoms with Gasteiger partial charge < -0.3 is 27.7 Å². The summed E-state index contributed by atoms with van der Waals surface area (Å²) in [6.07, 6.45) is 0. The first-order valence-electron chi connectivity index (χ1n) is 0.667. The van der Waals surface area contributed by atoms with Crippen LogP contribution in [-0.2, 0) is 26.9 Å². The van der Waals surface area contributed by atoms with Crippen molar-refractivity contribution in [2.45, 2.75) is 0 Å². The quantitative estimate of drug-likeness (QED) is 0.248. The number of halogens is 1. The zero-order valence-electron chi connectivity index (χ0n) is 3.74. The maximum absolute atomic E-state index is 8.52. The van der Waals surface area contributed by atoms with E-state index < -0.39 is 10.4 Å². The zero-order chi connectivity index (χ0) is 4.50. The Hall–Kier alpha value is 0.614. The molecule has 0 bridgehead atoms. The van der Waals surface area contributed by atoms with Crippen LogP contribution in [0.3, 0.4) is 0 Å². The van der Waals surface area contributed by atoms with Crippen LogP contribution in [0.2, 0.25) is 0 Å². The summed E-state index contributed by atoms with van der Waals surface area (Å²) in [6.45, 7) is 0. The summed E-state index contributed by atoms with van der Waals surface area (Å²) in [5, 5.41) is 0. The van der Waals surface area contributed by atoms with Crippen molar-refractivity contribution >= 4 is 10.4 Å². The van der Waals surface area contributed by atoms with E-state index in [0.717, 1.165) is 0 Å². The van der Waals surface area contributed by atoms with E-state index in [1.165, 1.54) is 0 Å². The van der Waals surface area contributed by atoms with Crippen LogP contribution < -0.4 is 18.6 Å². The molecule has 0 rings (SSSR count). The number of quaternary nitrogens is 1. The van der Waals surface area contributed by atoms with Crippen molar-refractivity contribution in [2.24, 2.45) is 0 Å². The van der Waals surface area contributed by atoms with Gasteiger partial charge in [-0.25, -0.2) is 0 Å². The van der Waals surface area contributed by atoms with Crippen molar-refractivity contribution in [1.29, 1.82) is 0 Å². The van der Waals surface area contributed by atoms with E-state index >= 15 is 0 Å². The largest absolute Gasteiger partial charge is 2.00 e. The van der Waals surface area contributed by atoms with Crippen molar-refractivity contribution in [3.8, 4) is 0 Å². The molecule has 0 radical (unpaired) electrons. The van der Waals surface area contributed by atoms with Gasteiger partial charge in [0.15, 0.2) is 0 Å². The van der Waals surface area contributed by atoms with Crippen LogP contribution in [0.1, 0.15) is 0 Å². The van der Waals surface area contributed by atoms with Crippen LogP contribution >= 0.6 is 0 Å². The van der Waals surface area contributed by atoms with E-state index in [-0.39, 0.29) is 35.0 Å². The van der Waals surface area contributed by atoms with E-state index in [9.17, 15) is 0 Å². The monoisotopic (exact) mass is 207 g/mol. The molecule has 56 valence electrons. The summed E-state index contributed by atoms with van der Waals surface area (Å²) in [5.41, 5.74) is 0. The van der Waals surface area contributed by atoms with Crippen molar-refractivity contribution < 1.29 is 46.4 Å². The first kappa shape index (κ1) is 23.5. The zero-order valence-corrected chi connectivity index (χ0v) is 6.30.